The summed E-state index contributed by atoms with van der Waals surface area (Å²) in [6, 6.07) is 0. The van der Waals surface area contributed by atoms with Gasteiger partial charge >= 0.3 is 0 Å². The van der Waals surface area contributed by atoms with E-state index in [2.05, 4.69) is 45.1 Å². The molecule has 4 aliphatic carbocycles. The summed E-state index contributed by atoms with van der Waals surface area (Å²) in [4.78, 5) is 13.2. The van der Waals surface area contributed by atoms with E-state index in [1.165, 1.54) is 18.4 Å². The second kappa shape index (κ2) is 4.69. The van der Waals surface area contributed by atoms with Crippen LogP contribution in [0.25, 0.3) is 0 Å². The highest BCUT2D eigenvalue weighted by atomic mass is 16.1. The van der Waals surface area contributed by atoms with Crippen molar-refractivity contribution >= 4 is 5.78 Å². The van der Waals surface area contributed by atoms with Crippen molar-refractivity contribution in [1.29, 1.82) is 0 Å². The van der Waals surface area contributed by atoms with Gasteiger partial charge in [-0.3, -0.25) is 4.79 Å². The molecule has 4 aliphatic rings. The van der Waals surface area contributed by atoms with Crippen molar-refractivity contribution in [3.8, 4) is 0 Å². The first kappa shape index (κ1) is 14.5. The fraction of sp³-hybridized carbons (Fsp3) is 0.667. The molecule has 0 aromatic heterocycles. The minimum absolute atomic E-state index is 0.106. The highest BCUT2D eigenvalue weighted by molar-refractivity contribution is 5.85. The molecular formula is C21H28O. The van der Waals surface area contributed by atoms with Gasteiger partial charge in [-0.1, -0.05) is 43.7 Å². The fourth-order valence-electron chi connectivity index (χ4n) is 6.46. The topological polar surface area (TPSA) is 17.1 Å². The van der Waals surface area contributed by atoms with Crippen molar-refractivity contribution in [2.75, 3.05) is 0 Å². The van der Waals surface area contributed by atoms with Gasteiger partial charge in [-0.2, -0.15) is 0 Å². The van der Waals surface area contributed by atoms with Gasteiger partial charge in [0.05, 0.1) is 0 Å². The van der Waals surface area contributed by atoms with Gasteiger partial charge in [-0.25, -0.2) is 0 Å². The molecule has 4 rings (SSSR count). The van der Waals surface area contributed by atoms with E-state index in [0.717, 1.165) is 25.7 Å². The summed E-state index contributed by atoms with van der Waals surface area (Å²) in [7, 11) is 0. The number of carbonyl (C=O) groups excluding carboxylic acids is 1. The van der Waals surface area contributed by atoms with Crippen LogP contribution in [-0.2, 0) is 4.79 Å². The molecule has 1 heteroatoms. The number of Topliss-reactive ketones (excluding diaryl/α,β-unsaturated/α-hetero) is 1. The van der Waals surface area contributed by atoms with E-state index in [-0.39, 0.29) is 16.7 Å². The molecule has 0 amide bonds. The Balaban J connectivity index is 1.79. The van der Waals surface area contributed by atoms with Crippen LogP contribution in [0.5, 0.6) is 0 Å². The minimum Gasteiger partial charge on any atom is -0.299 e. The second-order valence-corrected chi connectivity index (χ2v) is 8.41. The molecule has 0 aromatic carbocycles. The summed E-state index contributed by atoms with van der Waals surface area (Å²) >= 11 is 0. The van der Waals surface area contributed by atoms with Crippen LogP contribution >= 0.6 is 0 Å². The summed E-state index contributed by atoms with van der Waals surface area (Å²) < 4.78 is 0. The van der Waals surface area contributed by atoms with Crippen LogP contribution in [0.3, 0.4) is 0 Å². The van der Waals surface area contributed by atoms with E-state index < -0.39 is 0 Å². The highest BCUT2D eigenvalue weighted by Crippen LogP contribution is 2.64. The molecule has 5 atom stereocenters. The van der Waals surface area contributed by atoms with E-state index in [1.807, 2.05) is 0 Å². The molecule has 0 unspecified atom stereocenters. The number of ketones is 1. The van der Waals surface area contributed by atoms with E-state index in [0.29, 0.717) is 17.6 Å². The normalized spacial score (nSPS) is 48.7. The van der Waals surface area contributed by atoms with Crippen molar-refractivity contribution < 1.29 is 4.79 Å². The SMILES string of the molecule is CC=C1CC[C@H]2[C@@H]3CC=C4C=CCC[C@]4(C)[C@H]3C(=O)C[C@]12C. The lowest BCUT2D eigenvalue weighted by Crippen LogP contribution is -2.52. The predicted octanol–water partition coefficient (Wildman–Crippen LogP) is 5.24. The van der Waals surface area contributed by atoms with Gasteiger partial charge in [-0.05, 0) is 61.9 Å². The van der Waals surface area contributed by atoms with Gasteiger partial charge in [-0.15, -0.1) is 0 Å². The lowest BCUT2D eigenvalue weighted by molar-refractivity contribution is -0.139. The number of fused-ring (bicyclic) bond motifs is 5. The van der Waals surface area contributed by atoms with Crippen LogP contribution in [-0.4, -0.2) is 5.78 Å². The first-order chi connectivity index (χ1) is 10.5. The third kappa shape index (κ3) is 1.69. The Morgan fingerprint density at radius 3 is 2.86 bits per heavy atom. The van der Waals surface area contributed by atoms with E-state index in [4.69, 9.17) is 0 Å². The van der Waals surface area contributed by atoms with Gasteiger partial charge in [0.1, 0.15) is 5.78 Å². The molecule has 0 radical (unpaired) electrons. The Labute approximate surface area is 134 Å². The van der Waals surface area contributed by atoms with Gasteiger partial charge < -0.3 is 0 Å². The largest absolute Gasteiger partial charge is 0.299 e. The summed E-state index contributed by atoms with van der Waals surface area (Å²) in [5.74, 6) is 2.10. The average molecular weight is 296 g/mol. The monoisotopic (exact) mass is 296 g/mol. The van der Waals surface area contributed by atoms with Crippen LogP contribution in [0.15, 0.2) is 35.5 Å². The van der Waals surface area contributed by atoms with E-state index >= 15 is 0 Å². The van der Waals surface area contributed by atoms with Gasteiger partial charge in [0.25, 0.3) is 0 Å². The lowest BCUT2D eigenvalue weighted by Gasteiger charge is -2.55. The van der Waals surface area contributed by atoms with Crippen LogP contribution in [0.2, 0.25) is 0 Å². The lowest BCUT2D eigenvalue weighted by atomic mass is 9.48. The molecule has 1 nitrogen and oxygen atoms in total. The average Bonchev–Trinajstić information content (AvgIpc) is 2.82. The fourth-order valence-corrected chi connectivity index (χ4v) is 6.46. The molecule has 22 heavy (non-hydrogen) atoms. The molecule has 0 bridgehead atoms. The smallest absolute Gasteiger partial charge is 0.138 e. The van der Waals surface area contributed by atoms with E-state index in [9.17, 15) is 4.79 Å². The van der Waals surface area contributed by atoms with Gasteiger partial charge in [0.2, 0.25) is 0 Å². The maximum absolute atomic E-state index is 13.2. The van der Waals surface area contributed by atoms with Crippen molar-refractivity contribution in [3.05, 3.63) is 35.5 Å². The number of carbonyl (C=O) groups is 1. The zero-order chi connectivity index (χ0) is 15.5. The molecule has 0 N–H and O–H groups in total. The highest BCUT2D eigenvalue weighted by Gasteiger charge is 2.59. The zero-order valence-electron chi connectivity index (χ0n) is 14.2. The first-order valence-corrected chi connectivity index (χ1v) is 9.06. The van der Waals surface area contributed by atoms with Crippen molar-refractivity contribution in [2.24, 2.45) is 28.6 Å². The molecule has 2 fully saturated rings. The second-order valence-electron chi connectivity index (χ2n) is 8.41. The third-order valence-corrected chi connectivity index (χ3v) is 7.54. The summed E-state index contributed by atoms with van der Waals surface area (Å²) in [6.45, 7) is 6.90. The van der Waals surface area contributed by atoms with Crippen LogP contribution < -0.4 is 0 Å². The Morgan fingerprint density at radius 1 is 1.27 bits per heavy atom. The Morgan fingerprint density at radius 2 is 2.09 bits per heavy atom. The van der Waals surface area contributed by atoms with Crippen molar-refractivity contribution in [2.45, 2.75) is 59.3 Å². The van der Waals surface area contributed by atoms with Crippen molar-refractivity contribution in [1.82, 2.24) is 0 Å². The number of hydrogen-bond acceptors (Lipinski definition) is 1. The standard InChI is InChI=1S/C21H28O/c1-4-14-9-11-17-16-10-8-15-7-5-6-12-20(15,2)19(16)18(22)13-21(14,17)3/h4-5,7-8,16-17,19H,6,9-13H2,1-3H3/t16-,17-,19+,20-,21+/m0/s1. The van der Waals surface area contributed by atoms with Crippen LogP contribution in [0, 0.1) is 28.6 Å². The molecule has 0 spiro atoms. The molecule has 0 saturated heterocycles. The third-order valence-electron chi connectivity index (χ3n) is 7.54. The number of allylic oxidation sites excluding steroid dienone is 6. The Hall–Kier alpha value is -1.11. The molecule has 2 saturated carbocycles. The van der Waals surface area contributed by atoms with Gasteiger partial charge in [0, 0.05) is 17.8 Å². The van der Waals surface area contributed by atoms with Gasteiger partial charge in [0.15, 0.2) is 0 Å². The summed E-state index contributed by atoms with van der Waals surface area (Å²) in [6.07, 6.45) is 16.0. The maximum Gasteiger partial charge on any atom is 0.138 e. The minimum atomic E-state index is 0.106. The van der Waals surface area contributed by atoms with Crippen LogP contribution in [0.1, 0.15) is 59.3 Å². The molecule has 118 valence electrons. The molecule has 0 aliphatic heterocycles. The summed E-state index contributed by atoms with van der Waals surface area (Å²) in [5.41, 5.74) is 3.25. The first-order valence-electron chi connectivity index (χ1n) is 9.06. The number of rotatable bonds is 0. The molecule has 0 aromatic rings. The predicted molar refractivity (Wildman–Crippen MR) is 90.4 cm³/mol. The van der Waals surface area contributed by atoms with Crippen LogP contribution in [0.4, 0.5) is 0 Å². The molecule has 0 heterocycles. The van der Waals surface area contributed by atoms with Crippen molar-refractivity contribution in [3.63, 3.8) is 0 Å². The quantitative estimate of drug-likeness (QED) is 0.559. The van der Waals surface area contributed by atoms with E-state index in [1.54, 1.807) is 5.57 Å². The number of hydrogen-bond donors (Lipinski definition) is 0. The Bertz CT molecular complexity index is 607. The Kier molecular flexibility index (Phi) is 3.09. The molecular weight excluding hydrogens is 268 g/mol. The summed E-state index contributed by atoms with van der Waals surface area (Å²) in [5, 5.41) is 0. The zero-order valence-corrected chi connectivity index (χ0v) is 14.2. The maximum atomic E-state index is 13.2.